The number of amides is 3. The summed E-state index contributed by atoms with van der Waals surface area (Å²) in [6.45, 7) is 5.01. The number of hydrogen-bond donors (Lipinski definition) is 2. The molecule has 2 N–H and O–H groups in total. The summed E-state index contributed by atoms with van der Waals surface area (Å²) >= 11 is 0. The smallest absolute Gasteiger partial charge is 0.312 e. The lowest BCUT2D eigenvalue weighted by atomic mass is 10.1. The van der Waals surface area contributed by atoms with Gasteiger partial charge in [-0.25, -0.2) is 0 Å². The number of rotatable bonds is 4. The molecule has 0 aromatic heterocycles. The molecule has 0 aromatic carbocycles. The molecular weight excluding hydrogens is 260 g/mol. The molecule has 1 atom stereocenters. The van der Waals surface area contributed by atoms with Crippen LogP contribution in [0.3, 0.4) is 0 Å². The van der Waals surface area contributed by atoms with Gasteiger partial charge >= 0.3 is 11.8 Å². The van der Waals surface area contributed by atoms with Crippen molar-refractivity contribution < 1.29 is 14.4 Å². The van der Waals surface area contributed by atoms with Gasteiger partial charge in [-0.15, -0.1) is 0 Å². The van der Waals surface area contributed by atoms with E-state index in [2.05, 4.69) is 10.6 Å². The minimum absolute atomic E-state index is 0.0291. The molecule has 0 aromatic rings. The van der Waals surface area contributed by atoms with Crippen LogP contribution in [-0.2, 0) is 14.4 Å². The van der Waals surface area contributed by atoms with Crippen molar-refractivity contribution in [3.63, 3.8) is 0 Å². The van der Waals surface area contributed by atoms with E-state index in [0.717, 1.165) is 25.9 Å². The summed E-state index contributed by atoms with van der Waals surface area (Å²) in [6, 6.07) is 0.124. The first-order valence-corrected chi connectivity index (χ1v) is 7.20. The van der Waals surface area contributed by atoms with Gasteiger partial charge < -0.3 is 20.4 Å². The first-order valence-electron chi connectivity index (χ1n) is 7.20. The largest absolute Gasteiger partial charge is 0.351 e. The highest BCUT2D eigenvalue weighted by atomic mass is 16.2. The van der Waals surface area contributed by atoms with Crippen LogP contribution >= 0.6 is 0 Å². The van der Waals surface area contributed by atoms with Crippen molar-refractivity contribution in [1.82, 2.24) is 20.4 Å². The Morgan fingerprint density at radius 1 is 1.30 bits per heavy atom. The van der Waals surface area contributed by atoms with Crippen LogP contribution in [0.1, 0.15) is 19.8 Å². The third-order valence-corrected chi connectivity index (χ3v) is 3.78. The molecule has 0 saturated carbocycles. The molecule has 2 aliphatic heterocycles. The van der Waals surface area contributed by atoms with E-state index < -0.39 is 11.8 Å². The number of piperazine rings is 1. The van der Waals surface area contributed by atoms with E-state index >= 15 is 0 Å². The first-order chi connectivity index (χ1) is 9.61. The van der Waals surface area contributed by atoms with Gasteiger partial charge in [-0.1, -0.05) is 0 Å². The molecule has 20 heavy (non-hydrogen) atoms. The van der Waals surface area contributed by atoms with Crippen LogP contribution in [0, 0.1) is 0 Å². The van der Waals surface area contributed by atoms with Crippen molar-refractivity contribution in [2.45, 2.75) is 25.8 Å². The van der Waals surface area contributed by atoms with Crippen molar-refractivity contribution in [3.8, 4) is 0 Å². The minimum atomic E-state index is -0.574. The first kappa shape index (κ1) is 14.8. The number of carbonyl (C=O) groups is 3. The van der Waals surface area contributed by atoms with E-state index in [1.165, 1.54) is 9.80 Å². The molecule has 0 spiro atoms. The monoisotopic (exact) mass is 282 g/mol. The summed E-state index contributed by atoms with van der Waals surface area (Å²) in [5.74, 6) is -1.27. The van der Waals surface area contributed by atoms with Crippen LogP contribution in [-0.4, -0.2) is 72.8 Å². The molecule has 0 bridgehead atoms. The van der Waals surface area contributed by atoms with Crippen molar-refractivity contribution in [2.24, 2.45) is 0 Å². The zero-order chi connectivity index (χ0) is 14.5. The molecule has 2 heterocycles. The lowest BCUT2D eigenvalue weighted by Crippen LogP contribution is -2.57. The van der Waals surface area contributed by atoms with Crippen LogP contribution in [0.5, 0.6) is 0 Å². The summed E-state index contributed by atoms with van der Waals surface area (Å²) in [5, 5.41) is 6.12. The lowest BCUT2D eigenvalue weighted by molar-refractivity contribution is -0.156. The Morgan fingerprint density at radius 3 is 2.65 bits per heavy atom. The highest BCUT2D eigenvalue weighted by Crippen LogP contribution is 2.05. The Hall–Kier alpha value is -1.63. The van der Waals surface area contributed by atoms with Gasteiger partial charge in [0.2, 0.25) is 5.91 Å². The maximum absolute atomic E-state index is 11.9. The van der Waals surface area contributed by atoms with Crippen LogP contribution in [0.2, 0.25) is 0 Å². The molecule has 3 amide bonds. The average Bonchev–Trinajstić information content (AvgIpc) is 2.45. The van der Waals surface area contributed by atoms with E-state index in [4.69, 9.17) is 0 Å². The predicted molar refractivity (Wildman–Crippen MR) is 72.9 cm³/mol. The lowest BCUT2D eigenvalue weighted by Gasteiger charge is -2.33. The van der Waals surface area contributed by atoms with Crippen LogP contribution in [0.4, 0.5) is 0 Å². The minimum Gasteiger partial charge on any atom is -0.351 e. The fraction of sp³-hybridized carbons (Fsp3) is 0.769. The standard InChI is InChI=1S/C13H22N4O3/c1-2-16-6-7-17(13(20)12(16)19)9-11(18)15-10-4-3-5-14-8-10/h10,14H,2-9H2,1H3,(H,15,18). The van der Waals surface area contributed by atoms with Gasteiger partial charge in [0.25, 0.3) is 0 Å². The Morgan fingerprint density at radius 2 is 2.00 bits per heavy atom. The quantitative estimate of drug-likeness (QED) is 0.618. The SMILES string of the molecule is CCN1CCN(CC(=O)NC2CCCNC2)C(=O)C1=O. The molecule has 2 aliphatic rings. The molecule has 112 valence electrons. The highest BCUT2D eigenvalue weighted by molar-refractivity contribution is 6.35. The summed E-state index contributed by atoms with van der Waals surface area (Å²) in [4.78, 5) is 38.4. The van der Waals surface area contributed by atoms with Crippen LogP contribution in [0.25, 0.3) is 0 Å². The number of carbonyl (C=O) groups excluding carboxylic acids is 3. The highest BCUT2D eigenvalue weighted by Gasteiger charge is 2.32. The van der Waals surface area contributed by atoms with Gasteiger partial charge in [-0.05, 0) is 26.3 Å². The second-order valence-corrected chi connectivity index (χ2v) is 5.22. The molecule has 0 aliphatic carbocycles. The second kappa shape index (κ2) is 6.69. The summed E-state index contributed by atoms with van der Waals surface area (Å²) < 4.78 is 0. The van der Waals surface area contributed by atoms with E-state index in [1.807, 2.05) is 6.92 Å². The molecule has 0 radical (unpaired) electrons. The maximum atomic E-state index is 11.9. The number of piperidine rings is 1. The summed E-state index contributed by atoms with van der Waals surface area (Å²) in [6.07, 6.45) is 1.99. The average molecular weight is 282 g/mol. The Labute approximate surface area is 118 Å². The number of likely N-dealkylation sites (N-methyl/N-ethyl adjacent to an activating group) is 1. The third kappa shape index (κ3) is 3.47. The van der Waals surface area contributed by atoms with Gasteiger partial charge in [0.1, 0.15) is 6.54 Å². The third-order valence-electron chi connectivity index (χ3n) is 3.78. The fourth-order valence-corrected chi connectivity index (χ4v) is 2.59. The predicted octanol–water partition coefficient (Wildman–Crippen LogP) is -1.45. The Balaban J connectivity index is 1.82. The molecular formula is C13H22N4O3. The molecule has 2 saturated heterocycles. The second-order valence-electron chi connectivity index (χ2n) is 5.22. The van der Waals surface area contributed by atoms with Crippen LogP contribution in [0.15, 0.2) is 0 Å². The van der Waals surface area contributed by atoms with Crippen molar-refractivity contribution in [3.05, 3.63) is 0 Å². The topological polar surface area (TPSA) is 81.8 Å². The van der Waals surface area contributed by atoms with Gasteiger partial charge in [0.15, 0.2) is 0 Å². The fourth-order valence-electron chi connectivity index (χ4n) is 2.59. The zero-order valence-electron chi connectivity index (χ0n) is 11.9. The van der Waals surface area contributed by atoms with Crippen molar-refractivity contribution in [2.75, 3.05) is 39.3 Å². The van der Waals surface area contributed by atoms with Crippen LogP contribution < -0.4 is 10.6 Å². The van der Waals surface area contributed by atoms with E-state index in [-0.39, 0.29) is 18.5 Å². The van der Waals surface area contributed by atoms with Gasteiger partial charge in [-0.2, -0.15) is 0 Å². The van der Waals surface area contributed by atoms with Crippen molar-refractivity contribution in [1.29, 1.82) is 0 Å². The molecule has 7 nitrogen and oxygen atoms in total. The van der Waals surface area contributed by atoms with Gasteiger partial charge in [0, 0.05) is 32.2 Å². The number of nitrogens with zero attached hydrogens (tertiary/aromatic N) is 2. The number of hydrogen-bond acceptors (Lipinski definition) is 4. The molecule has 2 rings (SSSR count). The van der Waals surface area contributed by atoms with Gasteiger partial charge in [0.05, 0.1) is 0 Å². The van der Waals surface area contributed by atoms with E-state index in [0.29, 0.717) is 19.6 Å². The van der Waals surface area contributed by atoms with E-state index in [9.17, 15) is 14.4 Å². The summed E-state index contributed by atoms with van der Waals surface area (Å²) in [7, 11) is 0. The zero-order valence-corrected chi connectivity index (χ0v) is 11.9. The number of nitrogens with one attached hydrogen (secondary N) is 2. The van der Waals surface area contributed by atoms with E-state index in [1.54, 1.807) is 0 Å². The normalized spacial score (nSPS) is 23.9. The molecule has 7 heteroatoms. The van der Waals surface area contributed by atoms with Gasteiger partial charge in [-0.3, -0.25) is 14.4 Å². The molecule has 2 fully saturated rings. The Bertz CT molecular complexity index is 393. The maximum Gasteiger partial charge on any atom is 0.312 e. The Kier molecular flexibility index (Phi) is 4.94. The van der Waals surface area contributed by atoms with Crippen molar-refractivity contribution >= 4 is 17.7 Å². The molecule has 1 unspecified atom stereocenters. The summed E-state index contributed by atoms with van der Waals surface area (Å²) in [5.41, 5.74) is 0.